The molecular formula is C13H8F2N4O. The van der Waals surface area contributed by atoms with Crippen molar-refractivity contribution in [2.45, 2.75) is 0 Å². The third-order valence-electron chi connectivity index (χ3n) is 2.12. The zero-order valence-corrected chi connectivity index (χ0v) is 10.1. The summed E-state index contributed by atoms with van der Waals surface area (Å²) in [7, 11) is 0. The van der Waals surface area contributed by atoms with Gasteiger partial charge in [0.1, 0.15) is 0 Å². The Morgan fingerprint density at radius 2 is 1.25 bits per heavy atom. The number of hydrogen-bond donors (Lipinski definition) is 0. The zero-order valence-electron chi connectivity index (χ0n) is 10.1. The fraction of sp³-hybridized carbons (Fsp3) is 0. The lowest BCUT2D eigenvalue weighted by Crippen LogP contribution is -1.90. The van der Waals surface area contributed by atoms with Gasteiger partial charge in [0.2, 0.25) is 11.9 Å². The minimum absolute atomic E-state index is 0.331. The molecule has 0 amide bonds. The van der Waals surface area contributed by atoms with E-state index in [1.807, 2.05) is 0 Å². The van der Waals surface area contributed by atoms with Crippen LogP contribution in [0.25, 0.3) is 12.2 Å². The van der Waals surface area contributed by atoms with Crippen molar-refractivity contribution in [3.8, 4) is 0 Å². The van der Waals surface area contributed by atoms with Gasteiger partial charge in [-0.2, -0.15) is 8.78 Å². The van der Waals surface area contributed by atoms with Crippen molar-refractivity contribution in [1.82, 2.24) is 19.9 Å². The van der Waals surface area contributed by atoms with Crippen molar-refractivity contribution in [2.75, 3.05) is 0 Å². The molecule has 2 aromatic heterocycles. The molecule has 0 unspecified atom stereocenters. The minimum Gasteiger partial charge on any atom is -0.290 e. The first-order valence-electron chi connectivity index (χ1n) is 5.49. The second kappa shape index (κ2) is 6.37. The van der Waals surface area contributed by atoms with Crippen molar-refractivity contribution in [2.24, 2.45) is 0 Å². The summed E-state index contributed by atoms with van der Waals surface area (Å²) in [6.45, 7) is 0. The average Bonchev–Trinajstić information content (AvgIpc) is 2.46. The molecule has 0 saturated heterocycles. The van der Waals surface area contributed by atoms with E-state index >= 15 is 0 Å². The van der Waals surface area contributed by atoms with Crippen molar-refractivity contribution >= 4 is 17.9 Å². The summed E-state index contributed by atoms with van der Waals surface area (Å²) < 4.78 is 25.0. The van der Waals surface area contributed by atoms with E-state index in [9.17, 15) is 13.6 Å². The molecule has 0 fully saturated rings. The summed E-state index contributed by atoms with van der Waals surface area (Å²) in [6.07, 6.45) is 9.60. The van der Waals surface area contributed by atoms with Crippen LogP contribution in [0.15, 0.2) is 36.9 Å². The van der Waals surface area contributed by atoms with Crippen molar-refractivity contribution in [3.63, 3.8) is 0 Å². The number of hydrogen-bond acceptors (Lipinski definition) is 5. The molecule has 0 aliphatic carbocycles. The summed E-state index contributed by atoms with van der Waals surface area (Å²) in [4.78, 5) is 25.7. The van der Waals surface area contributed by atoms with E-state index < -0.39 is 11.9 Å². The van der Waals surface area contributed by atoms with E-state index in [0.717, 1.165) is 12.4 Å². The average molecular weight is 274 g/mol. The molecule has 2 heterocycles. The Hall–Kier alpha value is -2.83. The van der Waals surface area contributed by atoms with E-state index in [4.69, 9.17) is 0 Å². The number of nitrogens with zero attached hydrogens (tertiary/aromatic N) is 4. The molecule has 0 atom stereocenters. The maximum absolute atomic E-state index is 12.5. The van der Waals surface area contributed by atoms with Gasteiger partial charge in [0, 0.05) is 0 Å². The van der Waals surface area contributed by atoms with Crippen molar-refractivity contribution in [1.29, 1.82) is 0 Å². The van der Waals surface area contributed by atoms with Crippen LogP contribution in [0.3, 0.4) is 0 Å². The summed E-state index contributed by atoms with van der Waals surface area (Å²) in [5.74, 6) is -1.71. The Morgan fingerprint density at radius 3 is 1.60 bits per heavy atom. The molecule has 0 aromatic carbocycles. The van der Waals surface area contributed by atoms with Crippen molar-refractivity contribution in [3.05, 3.63) is 60.2 Å². The molecule has 0 aliphatic rings. The van der Waals surface area contributed by atoms with Gasteiger partial charge in [0.15, 0.2) is 5.78 Å². The highest BCUT2D eigenvalue weighted by Gasteiger charge is 1.95. The predicted octanol–water partition coefficient (Wildman–Crippen LogP) is 1.84. The summed E-state index contributed by atoms with van der Waals surface area (Å²) in [6, 6.07) is 0. The number of ketones is 1. The lowest BCUT2D eigenvalue weighted by Gasteiger charge is -1.91. The molecule has 0 N–H and O–H groups in total. The maximum Gasteiger partial charge on any atom is 0.231 e. The Balaban J connectivity index is 1.98. The number of carbonyl (C=O) groups excluding carboxylic acids is 1. The largest absolute Gasteiger partial charge is 0.290 e. The number of allylic oxidation sites excluding steroid dienone is 2. The van der Waals surface area contributed by atoms with E-state index in [1.165, 1.54) is 36.7 Å². The highest BCUT2D eigenvalue weighted by molar-refractivity contribution is 6.04. The van der Waals surface area contributed by atoms with Gasteiger partial charge in [0.05, 0.1) is 36.2 Å². The molecule has 0 spiro atoms. The van der Waals surface area contributed by atoms with Gasteiger partial charge in [0.25, 0.3) is 0 Å². The van der Waals surface area contributed by atoms with Crippen molar-refractivity contribution < 1.29 is 13.6 Å². The Labute approximate surface area is 112 Å². The van der Waals surface area contributed by atoms with Gasteiger partial charge in [-0.05, 0) is 24.3 Å². The highest BCUT2D eigenvalue weighted by Crippen LogP contribution is 1.99. The first kappa shape index (κ1) is 13.6. The van der Waals surface area contributed by atoms with Gasteiger partial charge < -0.3 is 0 Å². The fourth-order valence-corrected chi connectivity index (χ4v) is 1.21. The van der Waals surface area contributed by atoms with Crippen LogP contribution in [0.4, 0.5) is 8.78 Å². The quantitative estimate of drug-likeness (QED) is 0.796. The number of carbonyl (C=O) groups is 1. The lowest BCUT2D eigenvalue weighted by molar-refractivity contribution is -0.110. The molecule has 0 bridgehead atoms. The van der Waals surface area contributed by atoms with Crippen LogP contribution >= 0.6 is 0 Å². The first-order chi connectivity index (χ1) is 9.63. The van der Waals surface area contributed by atoms with Crippen LogP contribution < -0.4 is 0 Å². The van der Waals surface area contributed by atoms with Crippen LogP contribution in [0, 0.1) is 11.9 Å². The third-order valence-corrected chi connectivity index (χ3v) is 2.12. The van der Waals surface area contributed by atoms with Crippen LogP contribution in [0.5, 0.6) is 0 Å². The first-order valence-corrected chi connectivity index (χ1v) is 5.49. The molecule has 5 nitrogen and oxygen atoms in total. The zero-order chi connectivity index (χ0) is 14.4. The van der Waals surface area contributed by atoms with Gasteiger partial charge in [-0.25, -0.2) is 9.97 Å². The Morgan fingerprint density at radius 1 is 0.800 bits per heavy atom. The predicted molar refractivity (Wildman–Crippen MR) is 67.1 cm³/mol. The molecule has 2 aromatic rings. The topological polar surface area (TPSA) is 68.6 Å². The summed E-state index contributed by atoms with van der Waals surface area (Å²) in [5, 5.41) is 0. The molecule has 100 valence electrons. The molecular weight excluding hydrogens is 266 g/mol. The smallest absolute Gasteiger partial charge is 0.231 e. The fourth-order valence-electron chi connectivity index (χ4n) is 1.21. The molecule has 0 radical (unpaired) electrons. The normalized spacial score (nSPS) is 11.3. The highest BCUT2D eigenvalue weighted by atomic mass is 19.1. The van der Waals surface area contributed by atoms with E-state index in [2.05, 4.69) is 19.9 Å². The standard InChI is InChI=1S/C13H8F2N4O/c14-12-7-16-9(5-18-12)1-3-11(20)4-2-10-6-19-13(15)8-17-10/h1-8H/b3-1+,4-2+. The van der Waals surface area contributed by atoms with E-state index in [1.54, 1.807) is 0 Å². The number of rotatable bonds is 4. The Kier molecular flexibility index (Phi) is 4.33. The number of aromatic nitrogens is 4. The molecule has 7 heteroatoms. The molecule has 0 saturated carbocycles. The summed E-state index contributed by atoms with van der Waals surface area (Å²) in [5.41, 5.74) is 0.712. The minimum atomic E-state index is -0.691. The second-order valence-corrected chi connectivity index (χ2v) is 3.60. The van der Waals surface area contributed by atoms with E-state index in [-0.39, 0.29) is 5.78 Å². The van der Waals surface area contributed by atoms with E-state index in [0.29, 0.717) is 11.4 Å². The van der Waals surface area contributed by atoms with Gasteiger partial charge in [-0.3, -0.25) is 14.8 Å². The maximum atomic E-state index is 12.5. The number of halogens is 2. The third kappa shape index (κ3) is 4.13. The molecule has 20 heavy (non-hydrogen) atoms. The summed E-state index contributed by atoms with van der Waals surface area (Å²) >= 11 is 0. The SMILES string of the molecule is O=C(/C=C/c1cnc(F)cn1)/C=C/c1cnc(F)cn1. The van der Waals surface area contributed by atoms with Crippen LogP contribution in [0.2, 0.25) is 0 Å². The van der Waals surface area contributed by atoms with Gasteiger partial charge >= 0.3 is 0 Å². The van der Waals surface area contributed by atoms with Gasteiger partial charge in [-0.15, -0.1) is 0 Å². The Bertz CT molecular complexity index is 594. The van der Waals surface area contributed by atoms with Crippen LogP contribution in [-0.4, -0.2) is 25.7 Å². The molecule has 2 rings (SSSR count). The second-order valence-electron chi connectivity index (χ2n) is 3.60. The van der Waals surface area contributed by atoms with Crippen LogP contribution in [-0.2, 0) is 4.79 Å². The van der Waals surface area contributed by atoms with Crippen LogP contribution in [0.1, 0.15) is 11.4 Å². The van der Waals surface area contributed by atoms with Gasteiger partial charge in [-0.1, -0.05) is 0 Å². The molecule has 0 aliphatic heterocycles. The lowest BCUT2D eigenvalue weighted by atomic mass is 10.2. The monoisotopic (exact) mass is 274 g/mol.